The molecule has 0 fully saturated rings. The van der Waals surface area contributed by atoms with Crippen molar-refractivity contribution in [1.82, 2.24) is 5.32 Å². The largest absolute Gasteiger partial charge is 0.480 e. The van der Waals surface area contributed by atoms with Crippen LogP contribution in [0.2, 0.25) is 0 Å². The van der Waals surface area contributed by atoms with E-state index in [1.807, 2.05) is 60.0 Å². The molecule has 6 heteroatoms. The zero-order chi connectivity index (χ0) is 18.4. The van der Waals surface area contributed by atoms with Gasteiger partial charge in [0.15, 0.2) is 0 Å². The molecule has 2 N–H and O–H groups in total. The first-order valence-corrected chi connectivity index (χ1v) is 9.85. The van der Waals surface area contributed by atoms with Gasteiger partial charge in [-0.2, -0.15) is 0 Å². The Morgan fingerprint density at radius 2 is 1.65 bits per heavy atom. The summed E-state index contributed by atoms with van der Waals surface area (Å²) in [4.78, 5) is 23.8. The molecule has 2 aromatic carbocycles. The highest BCUT2D eigenvalue weighted by Gasteiger charge is 2.21. The second-order valence-electron chi connectivity index (χ2n) is 5.55. The van der Waals surface area contributed by atoms with E-state index in [4.69, 9.17) is 0 Å². The van der Waals surface area contributed by atoms with E-state index in [1.165, 1.54) is 11.8 Å². The number of carboxylic acids is 1. The van der Waals surface area contributed by atoms with Gasteiger partial charge < -0.3 is 10.4 Å². The van der Waals surface area contributed by atoms with E-state index in [1.54, 1.807) is 23.5 Å². The number of hydrogen-bond donors (Lipinski definition) is 2. The third-order valence-corrected chi connectivity index (χ3v) is 5.97. The predicted octanol–water partition coefficient (Wildman–Crippen LogP) is 4.39. The minimum Gasteiger partial charge on any atom is -0.480 e. The van der Waals surface area contributed by atoms with Gasteiger partial charge in [0.25, 0.3) is 5.91 Å². The summed E-state index contributed by atoms with van der Waals surface area (Å²) in [6.07, 6.45) is 0. The molecule has 0 saturated heterocycles. The molecule has 0 aliphatic heterocycles. The average molecular weight is 383 g/mol. The maximum Gasteiger partial charge on any atom is 0.327 e. The Kier molecular flexibility index (Phi) is 6.09. The first-order valence-electron chi connectivity index (χ1n) is 7.99. The molecule has 3 rings (SSSR count). The second kappa shape index (κ2) is 8.69. The highest BCUT2D eigenvalue weighted by Crippen LogP contribution is 2.24. The van der Waals surface area contributed by atoms with Crippen molar-refractivity contribution in [3.63, 3.8) is 0 Å². The SMILES string of the molecule is O=C(N[C@@H](CSc1cccs1)C(=O)O)c1ccc(-c2ccccc2)cc1. The number of hydrogen-bond acceptors (Lipinski definition) is 4. The van der Waals surface area contributed by atoms with Crippen LogP contribution in [0.3, 0.4) is 0 Å². The van der Waals surface area contributed by atoms with Gasteiger partial charge in [-0.3, -0.25) is 4.79 Å². The Labute approximate surface area is 159 Å². The molecule has 0 aliphatic carbocycles. The minimum atomic E-state index is -1.04. The van der Waals surface area contributed by atoms with E-state index in [-0.39, 0.29) is 11.7 Å². The van der Waals surface area contributed by atoms with Crippen molar-refractivity contribution < 1.29 is 14.7 Å². The number of rotatable bonds is 7. The summed E-state index contributed by atoms with van der Waals surface area (Å²) in [6, 6.07) is 19.9. The van der Waals surface area contributed by atoms with E-state index in [9.17, 15) is 14.7 Å². The van der Waals surface area contributed by atoms with Crippen molar-refractivity contribution in [3.05, 3.63) is 77.7 Å². The maximum atomic E-state index is 12.4. The molecule has 26 heavy (non-hydrogen) atoms. The molecule has 132 valence electrons. The number of thiophene rings is 1. The molecule has 3 aromatic rings. The van der Waals surface area contributed by atoms with Gasteiger partial charge in [0.05, 0.1) is 4.21 Å². The summed E-state index contributed by atoms with van der Waals surface area (Å²) in [7, 11) is 0. The van der Waals surface area contributed by atoms with Crippen molar-refractivity contribution in [1.29, 1.82) is 0 Å². The number of amides is 1. The van der Waals surface area contributed by atoms with E-state index in [2.05, 4.69) is 5.32 Å². The molecule has 1 heterocycles. The van der Waals surface area contributed by atoms with E-state index >= 15 is 0 Å². The second-order valence-corrected chi connectivity index (χ2v) is 7.82. The lowest BCUT2D eigenvalue weighted by molar-refractivity contribution is -0.138. The van der Waals surface area contributed by atoms with Crippen LogP contribution in [0.1, 0.15) is 10.4 Å². The number of carbonyl (C=O) groups excluding carboxylic acids is 1. The van der Waals surface area contributed by atoms with Crippen LogP contribution in [0.25, 0.3) is 11.1 Å². The van der Waals surface area contributed by atoms with Crippen molar-refractivity contribution in [2.45, 2.75) is 10.3 Å². The summed E-state index contributed by atoms with van der Waals surface area (Å²) < 4.78 is 1.03. The van der Waals surface area contributed by atoms with Gasteiger partial charge in [0, 0.05) is 11.3 Å². The highest BCUT2D eigenvalue weighted by atomic mass is 32.2. The first kappa shape index (κ1) is 18.2. The number of nitrogens with one attached hydrogen (secondary N) is 1. The lowest BCUT2D eigenvalue weighted by Crippen LogP contribution is -2.42. The van der Waals surface area contributed by atoms with Crippen LogP contribution in [-0.4, -0.2) is 28.8 Å². The van der Waals surface area contributed by atoms with Crippen LogP contribution in [0, 0.1) is 0 Å². The van der Waals surface area contributed by atoms with Crippen LogP contribution >= 0.6 is 23.1 Å². The lowest BCUT2D eigenvalue weighted by atomic mass is 10.0. The lowest BCUT2D eigenvalue weighted by Gasteiger charge is -2.14. The standard InChI is InChI=1S/C20H17NO3S2/c22-19(21-17(20(23)24)13-26-18-7-4-12-25-18)16-10-8-15(9-11-16)14-5-2-1-3-6-14/h1-12,17H,13H2,(H,21,22)(H,23,24)/t17-/m0/s1. The van der Waals surface area contributed by atoms with Gasteiger partial charge in [0.1, 0.15) is 6.04 Å². The fraction of sp³-hybridized carbons (Fsp3) is 0.100. The molecule has 1 atom stereocenters. The monoisotopic (exact) mass is 383 g/mol. The Bertz CT molecular complexity index is 862. The van der Waals surface area contributed by atoms with Crippen LogP contribution in [-0.2, 0) is 4.79 Å². The van der Waals surface area contributed by atoms with Gasteiger partial charge in [-0.15, -0.1) is 23.1 Å². The van der Waals surface area contributed by atoms with Crippen LogP contribution in [0.4, 0.5) is 0 Å². The average Bonchev–Trinajstić information content (AvgIpc) is 3.19. The fourth-order valence-corrected chi connectivity index (χ4v) is 4.19. The van der Waals surface area contributed by atoms with Gasteiger partial charge in [-0.05, 0) is 34.7 Å². The molecule has 0 bridgehead atoms. The Balaban J connectivity index is 1.64. The zero-order valence-electron chi connectivity index (χ0n) is 13.8. The summed E-state index contributed by atoms with van der Waals surface area (Å²) in [5.41, 5.74) is 2.51. The molecule has 0 spiro atoms. The molecule has 4 nitrogen and oxygen atoms in total. The van der Waals surface area contributed by atoms with Crippen molar-refractivity contribution in [2.75, 3.05) is 5.75 Å². The molecule has 1 amide bonds. The number of carboxylic acid groups (broad SMARTS) is 1. The van der Waals surface area contributed by atoms with Crippen molar-refractivity contribution >= 4 is 35.0 Å². The predicted molar refractivity (Wildman–Crippen MR) is 106 cm³/mol. The summed E-state index contributed by atoms with van der Waals surface area (Å²) in [5, 5.41) is 13.9. The molecular formula is C20H17NO3S2. The molecule has 0 saturated carbocycles. The molecule has 1 aromatic heterocycles. The summed E-state index contributed by atoms with van der Waals surface area (Å²) in [5.74, 6) is -1.14. The maximum absolute atomic E-state index is 12.4. The third-order valence-electron chi connectivity index (χ3n) is 3.74. The summed E-state index contributed by atoms with van der Waals surface area (Å²) in [6.45, 7) is 0. The number of carbonyl (C=O) groups is 2. The fourth-order valence-electron chi connectivity index (χ4n) is 2.37. The van der Waals surface area contributed by atoms with E-state index in [0.29, 0.717) is 5.56 Å². The Hall–Kier alpha value is -2.57. The van der Waals surface area contributed by atoms with Crippen molar-refractivity contribution in [3.8, 4) is 11.1 Å². The van der Waals surface area contributed by atoms with Gasteiger partial charge in [0.2, 0.25) is 0 Å². The molecule has 0 aliphatic rings. The smallest absolute Gasteiger partial charge is 0.327 e. The quantitative estimate of drug-likeness (QED) is 0.594. The van der Waals surface area contributed by atoms with E-state index < -0.39 is 12.0 Å². The number of benzene rings is 2. The zero-order valence-corrected chi connectivity index (χ0v) is 15.4. The third kappa shape index (κ3) is 4.74. The Morgan fingerprint density at radius 1 is 0.962 bits per heavy atom. The number of aliphatic carboxylic acids is 1. The van der Waals surface area contributed by atoms with Crippen LogP contribution in [0.15, 0.2) is 76.3 Å². The summed E-state index contributed by atoms with van der Waals surface area (Å²) >= 11 is 2.97. The van der Waals surface area contributed by atoms with Crippen LogP contribution < -0.4 is 5.32 Å². The molecular weight excluding hydrogens is 366 g/mol. The normalized spacial score (nSPS) is 11.7. The topological polar surface area (TPSA) is 66.4 Å². The van der Waals surface area contributed by atoms with E-state index in [0.717, 1.165) is 15.3 Å². The highest BCUT2D eigenvalue weighted by molar-refractivity contribution is 8.01. The van der Waals surface area contributed by atoms with Gasteiger partial charge in [-0.1, -0.05) is 48.5 Å². The minimum absolute atomic E-state index is 0.281. The molecule has 0 radical (unpaired) electrons. The van der Waals surface area contributed by atoms with Crippen LogP contribution in [0.5, 0.6) is 0 Å². The Morgan fingerprint density at radius 3 is 2.27 bits per heavy atom. The van der Waals surface area contributed by atoms with Crippen molar-refractivity contribution in [2.24, 2.45) is 0 Å². The van der Waals surface area contributed by atoms with Gasteiger partial charge in [-0.25, -0.2) is 4.79 Å². The van der Waals surface area contributed by atoms with Gasteiger partial charge >= 0.3 is 5.97 Å². The number of thioether (sulfide) groups is 1. The first-order chi connectivity index (χ1) is 12.6. The molecule has 0 unspecified atom stereocenters.